The number of hydrogen-bond donors (Lipinski definition) is 1. The Morgan fingerprint density at radius 1 is 0.957 bits per heavy atom. The van der Waals surface area contributed by atoms with Gasteiger partial charge in [0.15, 0.2) is 0 Å². The van der Waals surface area contributed by atoms with Gasteiger partial charge in [0.2, 0.25) is 11.3 Å². The minimum Gasteiger partial charge on any atom is -0.477 e. The zero-order valence-electron chi connectivity index (χ0n) is 25.8. The number of aromatic carboxylic acids is 1. The number of amides is 2. The lowest BCUT2D eigenvalue weighted by molar-refractivity contribution is -0.135. The molecule has 0 spiro atoms. The maximum atomic E-state index is 15.3. The van der Waals surface area contributed by atoms with Crippen molar-refractivity contribution in [3.63, 3.8) is 0 Å². The van der Waals surface area contributed by atoms with Gasteiger partial charge in [-0.05, 0) is 31.2 Å². The van der Waals surface area contributed by atoms with Crippen molar-refractivity contribution in [2.24, 2.45) is 0 Å². The van der Waals surface area contributed by atoms with E-state index in [0.29, 0.717) is 43.9 Å². The summed E-state index contributed by atoms with van der Waals surface area (Å²) in [7, 11) is 0. The number of rotatable bonds is 7. The molecule has 242 valence electrons. The van der Waals surface area contributed by atoms with E-state index in [1.165, 1.54) is 6.20 Å². The van der Waals surface area contributed by atoms with Crippen molar-refractivity contribution in [3.8, 4) is 6.07 Å². The second-order valence-corrected chi connectivity index (χ2v) is 11.5. The SMILES string of the molecule is CCn1cc(C(=O)O)c(=O)c2cc(F)c(N3CCN(C(=O)/C(C#N)=C/c4cn(CC(=O)N5CCOCC5)c5ccccc45)CC3)cc21. The number of anilines is 1. The summed E-state index contributed by atoms with van der Waals surface area (Å²) in [5, 5.41) is 20.2. The summed E-state index contributed by atoms with van der Waals surface area (Å²) in [4.78, 5) is 55.9. The molecular weight excluding hydrogens is 607 g/mol. The number of halogens is 1. The molecule has 6 rings (SSSR count). The van der Waals surface area contributed by atoms with Crippen molar-refractivity contribution in [2.75, 3.05) is 57.4 Å². The van der Waals surface area contributed by atoms with Gasteiger partial charge in [0, 0.05) is 80.1 Å². The fourth-order valence-corrected chi connectivity index (χ4v) is 6.25. The number of carbonyl (C=O) groups excluding carboxylic acids is 2. The van der Waals surface area contributed by atoms with Gasteiger partial charge in [-0.3, -0.25) is 14.4 Å². The van der Waals surface area contributed by atoms with E-state index in [2.05, 4.69) is 0 Å². The third kappa shape index (κ3) is 6.07. The van der Waals surface area contributed by atoms with Crippen LogP contribution in [-0.4, -0.2) is 94.3 Å². The average Bonchev–Trinajstić information content (AvgIpc) is 3.43. The Labute approximate surface area is 269 Å². The topological polar surface area (TPSA) is 141 Å². The zero-order valence-corrected chi connectivity index (χ0v) is 25.8. The van der Waals surface area contributed by atoms with Crippen molar-refractivity contribution in [1.82, 2.24) is 18.9 Å². The minimum absolute atomic E-state index is 0.0163. The molecule has 0 saturated carbocycles. The number of hydrogen-bond acceptors (Lipinski definition) is 7. The molecule has 47 heavy (non-hydrogen) atoms. The van der Waals surface area contributed by atoms with Gasteiger partial charge in [-0.2, -0.15) is 5.26 Å². The van der Waals surface area contributed by atoms with Gasteiger partial charge in [-0.15, -0.1) is 0 Å². The molecule has 2 aromatic heterocycles. The van der Waals surface area contributed by atoms with Gasteiger partial charge < -0.3 is 33.7 Å². The Bertz CT molecular complexity index is 2030. The smallest absolute Gasteiger partial charge is 0.341 e. The van der Waals surface area contributed by atoms with Gasteiger partial charge >= 0.3 is 5.97 Å². The van der Waals surface area contributed by atoms with Crippen molar-refractivity contribution >= 4 is 51.4 Å². The Hall–Kier alpha value is -5.48. The summed E-state index contributed by atoms with van der Waals surface area (Å²) >= 11 is 0. The van der Waals surface area contributed by atoms with Crippen LogP contribution >= 0.6 is 0 Å². The number of piperazine rings is 1. The Kier molecular flexibility index (Phi) is 8.78. The molecule has 0 atom stereocenters. The molecule has 0 aliphatic carbocycles. The number of nitrogens with zero attached hydrogens (tertiary/aromatic N) is 6. The third-order valence-electron chi connectivity index (χ3n) is 8.77. The molecule has 4 heterocycles. The number of aromatic nitrogens is 2. The molecule has 2 aromatic carbocycles. The van der Waals surface area contributed by atoms with Crippen LogP contribution in [0.25, 0.3) is 27.9 Å². The molecule has 2 saturated heterocycles. The highest BCUT2D eigenvalue weighted by molar-refractivity contribution is 6.04. The van der Waals surface area contributed by atoms with Crippen LogP contribution in [0.4, 0.5) is 10.1 Å². The number of ether oxygens (including phenoxy) is 1. The van der Waals surface area contributed by atoms with E-state index in [1.54, 1.807) is 44.5 Å². The second-order valence-electron chi connectivity index (χ2n) is 11.5. The number of nitriles is 1. The number of carbonyl (C=O) groups is 3. The lowest BCUT2D eigenvalue weighted by Crippen LogP contribution is -2.49. The molecule has 0 unspecified atom stereocenters. The minimum atomic E-state index is -1.38. The predicted octanol–water partition coefficient (Wildman–Crippen LogP) is 2.93. The quantitative estimate of drug-likeness (QED) is 0.240. The van der Waals surface area contributed by atoms with Gasteiger partial charge in [0.25, 0.3) is 5.91 Å². The van der Waals surface area contributed by atoms with Crippen LogP contribution in [0.3, 0.4) is 0 Å². The van der Waals surface area contributed by atoms with Crippen molar-refractivity contribution in [2.45, 2.75) is 20.0 Å². The molecule has 2 amide bonds. The Morgan fingerprint density at radius 3 is 2.36 bits per heavy atom. The average molecular weight is 641 g/mol. The number of pyridine rings is 1. The zero-order chi connectivity index (χ0) is 33.2. The van der Waals surface area contributed by atoms with Gasteiger partial charge in [-0.25, -0.2) is 9.18 Å². The Morgan fingerprint density at radius 2 is 1.68 bits per heavy atom. The number of aryl methyl sites for hydroxylation is 1. The third-order valence-corrected chi connectivity index (χ3v) is 8.77. The molecule has 2 aliphatic heterocycles. The molecule has 0 radical (unpaired) electrons. The number of fused-ring (bicyclic) bond motifs is 2. The summed E-state index contributed by atoms with van der Waals surface area (Å²) in [5.41, 5.74) is 0.877. The van der Waals surface area contributed by atoms with Crippen molar-refractivity contribution in [3.05, 3.63) is 81.5 Å². The van der Waals surface area contributed by atoms with Crippen LogP contribution in [-0.2, 0) is 27.4 Å². The van der Waals surface area contributed by atoms with E-state index in [-0.39, 0.29) is 55.3 Å². The van der Waals surface area contributed by atoms with E-state index in [0.717, 1.165) is 17.0 Å². The summed E-state index contributed by atoms with van der Waals surface area (Å²) in [5.74, 6) is -2.53. The largest absolute Gasteiger partial charge is 0.477 e. The maximum absolute atomic E-state index is 15.3. The normalized spacial score (nSPS) is 15.7. The monoisotopic (exact) mass is 640 g/mol. The summed E-state index contributed by atoms with van der Waals surface area (Å²) in [6, 6.07) is 12.2. The highest BCUT2D eigenvalue weighted by Gasteiger charge is 2.27. The molecular formula is C34H33FN6O6. The molecule has 12 nitrogen and oxygen atoms in total. The van der Waals surface area contributed by atoms with Crippen LogP contribution in [0.1, 0.15) is 22.8 Å². The highest BCUT2D eigenvalue weighted by Crippen LogP contribution is 2.28. The molecule has 0 bridgehead atoms. The van der Waals surface area contributed by atoms with E-state index < -0.39 is 28.7 Å². The van der Waals surface area contributed by atoms with Crippen LogP contribution in [0.15, 0.2) is 59.2 Å². The van der Waals surface area contributed by atoms with Crippen LogP contribution in [0.5, 0.6) is 0 Å². The summed E-state index contributed by atoms with van der Waals surface area (Å²) < 4.78 is 24.1. The molecule has 13 heteroatoms. The van der Waals surface area contributed by atoms with E-state index in [1.807, 2.05) is 34.9 Å². The van der Waals surface area contributed by atoms with Crippen molar-refractivity contribution < 1.29 is 28.6 Å². The van der Waals surface area contributed by atoms with Crippen LogP contribution in [0.2, 0.25) is 0 Å². The van der Waals surface area contributed by atoms with Gasteiger partial charge in [0.1, 0.15) is 29.6 Å². The molecule has 2 aliphatic rings. The number of morpholine rings is 1. The number of carboxylic acid groups (broad SMARTS) is 1. The predicted molar refractivity (Wildman–Crippen MR) is 173 cm³/mol. The Balaban J connectivity index is 1.21. The first kappa shape index (κ1) is 31.5. The fourth-order valence-electron chi connectivity index (χ4n) is 6.25. The van der Waals surface area contributed by atoms with Crippen LogP contribution < -0.4 is 10.3 Å². The lowest BCUT2D eigenvalue weighted by Gasteiger charge is -2.36. The first-order chi connectivity index (χ1) is 22.7. The van der Waals surface area contributed by atoms with E-state index >= 15 is 4.39 Å². The molecule has 4 aromatic rings. The highest BCUT2D eigenvalue weighted by atomic mass is 19.1. The first-order valence-electron chi connectivity index (χ1n) is 15.4. The molecule has 2 fully saturated rings. The number of para-hydroxylation sites is 1. The second kappa shape index (κ2) is 13.1. The van der Waals surface area contributed by atoms with Crippen molar-refractivity contribution in [1.29, 1.82) is 5.26 Å². The summed E-state index contributed by atoms with van der Waals surface area (Å²) in [6.07, 6.45) is 4.59. The number of benzene rings is 2. The number of carboxylic acids is 1. The van der Waals surface area contributed by atoms with E-state index in [9.17, 15) is 29.5 Å². The van der Waals surface area contributed by atoms with Gasteiger partial charge in [-0.1, -0.05) is 18.2 Å². The van der Waals surface area contributed by atoms with Gasteiger partial charge in [0.05, 0.1) is 24.4 Å². The van der Waals surface area contributed by atoms with E-state index in [4.69, 9.17) is 4.74 Å². The van der Waals surface area contributed by atoms with Crippen LogP contribution in [0, 0.1) is 17.1 Å². The first-order valence-corrected chi connectivity index (χ1v) is 15.4. The maximum Gasteiger partial charge on any atom is 0.341 e. The standard InChI is InChI=1S/C34H33FN6O6/c1-2-37-20-26(34(45)46)32(43)25-16-27(35)30(17-29(25)37)38-7-9-40(10-8-38)33(44)22(18-36)15-23-19-41(28-6-4-3-5-24(23)28)21-31(42)39-11-13-47-14-12-39/h3-6,15-17,19-20H,2,7-14,21H2,1H3,(H,45,46)/b22-15+. The lowest BCUT2D eigenvalue weighted by atomic mass is 10.1. The summed E-state index contributed by atoms with van der Waals surface area (Å²) in [6.45, 7) is 5.36. The molecule has 1 N–H and O–H groups in total. The fraction of sp³-hybridized carbons (Fsp3) is 0.324.